The number of para-hydroxylation sites is 1. The molecule has 6 heteroatoms. The molecule has 2 aromatic carbocycles. The molecule has 0 aliphatic rings. The van der Waals surface area contributed by atoms with E-state index in [1.807, 2.05) is 36.4 Å². The number of ether oxygens (including phenoxy) is 1. The molecule has 0 aliphatic carbocycles. The highest BCUT2D eigenvalue weighted by molar-refractivity contribution is 5.86. The zero-order chi connectivity index (χ0) is 19.2. The van der Waals surface area contributed by atoms with E-state index in [2.05, 4.69) is 17.2 Å². The van der Waals surface area contributed by atoms with Crippen LogP contribution in [0.2, 0.25) is 0 Å². The first-order valence-electron chi connectivity index (χ1n) is 8.83. The molecule has 3 rings (SSSR count). The van der Waals surface area contributed by atoms with Crippen LogP contribution in [0.15, 0.2) is 54.7 Å². The van der Waals surface area contributed by atoms with Gasteiger partial charge in [-0.25, -0.2) is 0 Å². The van der Waals surface area contributed by atoms with Gasteiger partial charge in [0.25, 0.3) is 5.91 Å². The van der Waals surface area contributed by atoms with Crippen LogP contribution in [0.5, 0.6) is 5.75 Å². The van der Waals surface area contributed by atoms with Crippen molar-refractivity contribution in [1.82, 2.24) is 10.3 Å². The molecule has 0 bridgehead atoms. The molecule has 3 aromatic rings. The summed E-state index contributed by atoms with van der Waals surface area (Å²) in [6.07, 6.45) is 2.80. The fourth-order valence-electron chi connectivity index (χ4n) is 2.92. The Morgan fingerprint density at radius 2 is 1.89 bits per heavy atom. The number of hydrogen-bond acceptors (Lipinski definition) is 4. The quantitative estimate of drug-likeness (QED) is 0.634. The Balaban J connectivity index is 1.60. The summed E-state index contributed by atoms with van der Waals surface area (Å²) in [7, 11) is 0. The fraction of sp³-hybridized carbons (Fsp3) is 0.238. The smallest absolute Gasteiger partial charge is 0.258 e. The first-order chi connectivity index (χ1) is 13.1. The number of rotatable bonds is 8. The number of amides is 1. The average molecular weight is 365 g/mol. The molecule has 0 radical (unpaired) electrons. The van der Waals surface area contributed by atoms with Gasteiger partial charge in [-0.3, -0.25) is 4.79 Å². The van der Waals surface area contributed by atoms with E-state index < -0.39 is 17.9 Å². The summed E-state index contributed by atoms with van der Waals surface area (Å²) in [4.78, 5) is 26.7. The topological polar surface area (TPSA) is 94.2 Å². The van der Waals surface area contributed by atoms with Gasteiger partial charge in [-0.2, -0.15) is 0 Å². The SMILES string of the molecule is CCc1ccc(OCC(=O)N[C@H](Cc2c[nH]c3ccccc23)C(=O)[O-])cc1. The maximum Gasteiger partial charge on any atom is 0.258 e. The lowest BCUT2D eigenvalue weighted by Crippen LogP contribution is -2.50. The molecule has 27 heavy (non-hydrogen) atoms. The Morgan fingerprint density at radius 3 is 2.59 bits per heavy atom. The predicted octanol–water partition coefficient (Wildman–Crippen LogP) is 1.59. The Bertz CT molecular complexity index is 931. The number of aliphatic carboxylic acids is 1. The maximum absolute atomic E-state index is 12.1. The van der Waals surface area contributed by atoms with E-state index in [-0.39, 0.29) is 13.0 Å². The van der Waals surface area contributed by atoms with Crippen LogP contribution in [0, 0.1) is 0 Å². The Hall–Kier alpha value is -3.28. The number of carbonyl (C=O) groups is 2. The zero-order valence-corrected chi connectivity index (χ0v) is 15.0. The van der Waals surface area contributed by atoms with Crippen LogP contribution >= 0.6 is 0 Å². The second-order valence-electron chi connectivity index (χ2n) is 6.29. The highest BCUT2D eigenvalue weighted by Crippen LogP contribution is 2.19. The average Bonchev–Trinajstić information content (AvgIpc) is 3.09. The summed E-state index contributed by atoms with van der Waals surface area (Å²) in [5.74, 6) is -1.28. The molecule has 0 saturated carbocycles. The second-order valence-corrected chi connectivity index (χ2v) is 6.29. The lowest BCUT2D eigenvalue weighted by Gasteiger charge is -2.19. The highest BCUT2D eigenvalue weighted by Gasteiger charge is 2.16. The third kappa shape index (κ3) is 4.67. The van der Waals surface area contributed by atoms with E-state index in [1.165, 1.54) is 5.56 Å². The number of benzene rings is 2. The van der Waals surface area contributed by atoms with Crippen molar-refractivity contribution in [2.75, 3.05) is 6.61 Å². The van der Waals surface area contributed by atoms with Crippen LogP contribution in [-0.2, 0) is 22.4 Å². The van der Waals surface area contributed by atoms with Crippen LogP contribution in [-0.4, -0.2) is 29.5 Å². The van der Waals surface area contributed by atoms with Gasteiger partial charge in [0.15, 0.2) is 6.61 Å². The lowest BCUT2D eigenvalue weighted by molar-refractivity contribution is -0.308. The van der Waals surface area contributed by atoms with Gasteiger partial charge in [0, 0.05) is 23.5 Å². The third-order valence-electron chi connectivity index (χ3n) is 4.42. The third-order valence-corrected chi connectivity index (χ3v) is 4.42. The van der Waals surface area contributed by atoms with E-state index >= 15 is 0 Å². The van der Waals surface area contributed by atoms with Gasteiger partial charge in [0.05, 0.1) is 12.0 Å². The standard InChI is InChI=1S/C21H22N2O4/c1-2-14-7-9-16(10-8-14)27-13-20(24)23-19(21(25)26)11-15-12-22-18-6-4-3-5-17(15)18/h3-10,12,19,22H,2,11,13H2,1H3,(H,23,24)(H,25,26)/p-1/t19-/m1/s1. The summed E-state index contributed by atoms with van der Waals surface area (Å²) in [5, 5.41) is 14.9. The van der Waals surface area contributed by atoms with Gasteiger partial charge in [0.1, 0.15) is 5.75 Å². The summed E-state index contributed by atoms with van der Waals surface area (Å²) in [5.41, 5.74) is 2.88. The zero-order valence-electron chi connectivity index (χ0n) is 15.0. The van der Waals surface area contributed by atoms with Crippen molar-refractivity contribution in [3.05, 3.63) is 65.9 Å². The van der Waals surface area contributed by atoms with Crippen LogP contribution in [0.3, 0.4) is 0 Å². The van der Waals surface area contributed by atoms with Crippen molar-refractivity contribution in [1.29, 1.82) is 0 Å². The van der Waals surface area contributed by atoms with E-state index in [0.29, 0.717) is 5.75 Å². The van der Waals surface area contributed by atoms with Gasteiger partial charge in [-0.15, -0.1) is 0 Å². The van der Waals surface area contributed by atoms with Crippen LogP contribution in [0.4, 0.5) is 0 Å². The first kappa shape index (κ1) is 18.5. The largest absolute Gasteiger partial charge is 0.548 e. The van der Waals surface area contributed by atoms with E-state index in [0.717, 1.165) is 22.9 Å². The lowest BCUT2D eigenvalue weighted by atomic mass is 10.1. The summed E-state index contributed by atoms with van der Waals surface area (Å²) < 4.78 is 5.42. The minimum absolute atomic E-state index is 0.128. The molecule has 1 heterocycles. The number of carboxylic acids is 1. The summed E-state index contributed by atoms with van der Waals surface area (Å²) >= 11 is 0. The highest BCUT2D eigenvalue weighted by atomic mass is 16.5. The molecule has 1 amide bonds. The molecule has 1 aromatic heterocycles. The normalized spacial score (nSPS) is 11.9. The van der Waals surface area contributed by atoms with Crippen molar-refractivity contribution >= 4 is 22.8 Å². The second kappa shape index (κ2) is 8.40. The van der Waals surface area contributed by atoms with Gasteiger partial charge in [-0.05, 0) is 35.7 Å². The Morgan fingerprint density at radius 1 is 1.15 bits per heavy atom. The number of fused-ring (bicyclic) bond motifs is 1. The molecule has 0 unspecified atom stereocenters. The number of nitrogens with one attached hydrogen (secondary N) is 2. The van der Waals surface area contributed by atoms with Crippen LogP contribution in [0.25, 0.3) is 10.9 Å². The molecule has 0 aliphatic heterocycles. The molecule has 140 valence electrons. The minimum atomic E-state index is -1.33. The van der Waals surface area contributed by atoms with Crippen LogP contribution < -0.4 is 15.2 Å². The number of aromatic nitrogens is 1. The number of H-pyrrole nitrogens is 1. The van der Waals surface area contributed by atoms with Crippen LogP contribution in [0.1, 0.15) is 18.1 Å². The molecule has 6 nitrogen and oxygen atoms in total. The molecular formula is C21H21N2O4-. The van der Waals surface area contributed by atoms with Gasteiger partial charge in [-0.1, -0.05) is 37.3 Å². The molecule has 2 N–H and O–H groups in total. The van der Waals surface area contributed by atoms with E-state index in [1.54, 1.807) is 18.3 Å². The number of aromatic amines is 1. The Labute approximate surface area is 157 Å². The van der Waals surface area contributed by atoms with Crippen molar-refractivity contribution in [2.45, 2.75) is 25.8 Å². The monoisotopic (exact) mass is 365 g/mol. The van der Waals surface area contributed by atoms with Crippen molar-refractivity contribution < 1.29 is 19.4 Å². The number of aryl methyl sites for hydroxylation is 1. The Kier molecular flexibility index (Phi) is 5.76. The summed E-state index contributed by atoms with van der Waals surface area (Å²) in [6, 6.07) is 13.9. The fourth-order valence-corrected chi connectivity index (χ4v) is 2.92. The van der Waals surface area contributed by atoms with Gasteiger partial charge in [0.2, 0.25) is 0 Å². The summed E-state index contributed by atoms with van der Waals surface area (Å²) in [6.45, 7) is 1.79. The minimum Gasteiger partial charge on any atom is -0.548 e. The number of hydrogen-bond donors (Lipinski definition) is 2. The van der Waals surface area contributed by atoms with E-state index in [4.69, 9.17) is 4.74 Å². The predicted molar refractivity (Wildman–Crippen MR) is 100 cm³/mol. The molecule has 0 spiro atoms. The molecule has 0 saturated heterocycles. The maximum atomic E-state index is 12.1. The molecular weight excluding hydrogens is 344 g/mol. The first-order valence-corrected chi connectivity index (χ1v) is 8.83. The molecule has 0 fully saturated rings. The van der Waals surface area contributed by atoms with E-state index in [9.17, 15) is 14.7 Å². The molecule has 1 atom stereocenters. The van der Waals surface area contributed by atoms with Crippen molar-refractivity contribution in [2.24, 2.45) is 0 Å². The van der Waals surface area contributed by atoms with Gasteiger partial charge < -0.3 is 24.9 Å². The van der Waals surface area contributed by atoms with Gasteiger partial charge >= 0.3 is 0 Å². The number of carbonyl (C=O) groups excluding carboxylic acids is 2. The van der Waals surface area contributed by atoms with Crippen molar-refractivity contribution in [3.8, 4) is 5.75 Å². The van der Waals surface area contributed by atoms with Crippen molar-refractivity contribution in [3.63, 3.8) is 0 Å². The number of carboxylic acid groups (broad SMARTS) is 1.